The van der Waals surface area contributed by atoms with Gasteiger partial charge in [-0.15, -0.1) is 0 Å². The molecule has 3 rings (SSSR count). The highest BCUT2D eigenvalue weighted by Crippen LogP contribution is 2.41. The van der Waals surface area contributed by atoms with E-state index in [0.29, 0.717) is 0 Å². The molecule has 0 aromatic heterocycles. The molecule has 4 nitrogen and oxygen atoms in total. The molecular weight excluding hydrogens is 310 g/mol. The van der Waals surface area contributed by atoms with Crippen LogP contribution in [0.15, 0.2) is 65.6 Å². The van der Waals surface area contributed by atoms with Gasteiger partial charge in [0.1, 0.15) is 5.75 Å². The molecule has 1 fully saturated rings. The second kappa shape index (κ2) is 6.16. The second-order valence-corrected chi connectivity index (χ2v) is 7.91. The summed E-state index contributed by atoms with van der Waals surface area (Å²) in [4.78, 5) is 12.5. The van der Waals surface area contributed by atoms with Gasteiger partial charge in [-0.1, -0.05) is 48.5 Å². The molecule has 0 radical (unpaired) electrons. The van der Waals surface area contributed by atoms with Crippen LogP contribution in [0.3, 0.4) is 0 Å². The van der Waals surface area contributed by atoms with Gasteiger partial charge in [0.2, 0.25) is 5.91 Å². The van der Waals surface area contributed by atoms with Gasteiger partial charge >= 0.3 is 0 Å². The van der Waals surface area contributed by atoms with Gasteiger partial charge in [0.05, 0.1) is 10.4 Å². The number of benzene rings is 2. The minimum Gasteiger partial charge on any atom is -0.346 e. The predicted octanol–water partition coefficient (Wildman–Crippen LogP) is 2.66. The van der Waals surface area contributed by atoms with E-state index in [-0.39, 0.29) is 4.90 Å². The van der Waals surface area contributed by atoms with Crippen LogP contribution in [0.25, 0.3) is 0 Å². The molecule has 0 spiro atoms. The molecule has 1 N–H and O–H groups in total. The van der Waals surface area contributed by atoms with Gasteiger partial charge in [-0.05, 0) is 37.0 Å². The predicted molar refractivity (Wildman–Crippen MR) is 88.6 cm³/mol. The number of sulfone groups is 1. The van der Waals surface area contributed by atoms with Crippen LogP contribution >= 0.6 is 0 Å². The van der Waals surface area contributed by atoms with Crippen molar-refractivity contribution in [2.24, 2.45) is 0 Å². The Bertz CT molecular complexity index is 782. The van der Waals surface area contributed by atoms with Gasteiger partial charge < -0.3 is 5.32 Å². The molecule has 1 amide bonds. The average molecular weight is 329 g/mol. The number of carbonyl (C=O) groups is 1. The molecule has 2 aromatic carbocycles. The Morgan fingerprint density at radius 2 is 1.52 bits per heavy atom. The van der Waals surface area contributed by atoms with E-state index >= 15 is 0 Å². The minimum atomic E-state index is -3.61. The Morgan fingerprint density at radius 1 is 0.957 bits per heavy atom. The fourth-order valence-corrected chi connectivity index (χ4v) is 4.12. The third-order valence-electron chi connectivity index (χ3n) is 4.34. The number of nitrogens with one attached hydrogen (secondary N) is 1. The van der Waals surface area contributed by atoms with Gasteiger partial charge in [0, 0.05) is 0 Å². The van der Waals surface area contributed by atoms with Crippen molar-refractivity contribution in [3.8, 4) is 0 Å². The Hall–Kier alpha value is -2.14. The first kappa shape index (κ1) is 15.7. The maximum atomic E-state index is 12.3. The molecule has 23 heavy (non-hydrogen) atoms. The molecule has 0 bridgehead atoms. The normalized spacial score (nSPS) is 16.3. The SMILES string of the molecule is O=C(CS(=O)(=O)c1ccccc1)NC1(c2ccccc2)CCC1. The fourth-order valence-electron chi connectivity index (χ4n) is 2.96. The number of amides is 1. The summed E-state index contributed by atoms with van der Waals surface area (Å²) in [6, 6.07) is 17.8. The summed E-state index contributed by atoms with van der Waals surface area (Å²) in [5, 5.41) is 2.95. The van der Waals surface area contributed by atoms with E-state index in [0.717, 1.165) is 24.8 Å². The van der Waals surface area contributed by atoms with Gasteiger partial charge in [0.25, 0.3) is 0 Å². The van der Waals surface area contributed by atoms with Crippen molar-refractivity contribution in [1.82, 2.24) is 5.32 Å². The van der Waals surface area contributed by atoms with Gasteiger partial charge in [-0.25, -0.2) is 8.42 Å². The largest absolute Gasteiger partial charge is 0.346 e. The van der Waals surface area contributed by atoms with Crippen molar-refractivity contribution < 1.29 is 13.2 Å². The molecule has 1 aliphatic rings. The first-order chi connectivity index (χ1) is 11.0. The zero-order valence-corrected chi connectivity index (χ0v) is 13.6. The smallest absolute Gasteiger partial charge is 0.236 e. The molecule has 1 aliphatic carbocycles. The van der Waals surface area contributed by atoms with Crippen LogP contribution < -0.4 is 5.32 Å². The van der Waals surface area contributed by atoms with Crippen LogP contribution in [0.5, 0.6) is 0 Å². The van der Waals surface area contributed by atoms with Gasteiger partial charge in [0.15, 0.2) is 9.84 Å². The number of hydrogen-bond donors (Lipinski definition) is 1. The van der Waals surface area contributed by atoms with Crippen LogP contribution in [0.4, 0.5) is 0 Å². The maximum Gasteiger partial charge on any atom is 0.236 e. The molecule has 2 aromatic rings. The highest BCUT2D eigenvalue weighted by molar-refractivity contribution is 7.92. The lowest BCUT2D eigenvalue weighted by Gasteiger charge is -2.43. The van der Waals surface area contributed by atoms with Crippen molar-refractivity contribution in [1.29, 1.82) is 0 Å². The number of hydrogen-bond acceptors (Lipinski definition) is 3. The Kier molecular flexibility index (Phi) is 4.22. The third-order valence-corrected chi connectivity index (χ3v) is 5.97. The molecular formula is C18H19NO3S. The van der Waals surface area contributed by atoms with Crippen molar-refractivity contribution in [2.75, 3.05) is 5.75 Å². The first-order valence-corrected chi connectivity index (χ1v) is 9.31. The van der Waals surface area contributed by atoms with Crippen LogP contribution in [0, 0.1) is 0 Å². The lowest BCUT2D eigenvalue weighted by Crippen LogP contribution is -2.52. The zero-order valence-electron chi connectivity index (χ0n) is 12.7. The number of rotatable bonds is 5. The molecule has 1 saturated carbocycles. The summed E-state index contributed by atoms with van der Waals surface area (Å²) in [5.41, 5.74) is 0.626. The van der Waals surface area contributed by atoms with Crippen molar-refractivity contribution in [2.45, 2.75) is 29.7 Å². The lowest BCUT2D eigenvalue weighted by atomic mass is 9.72. The fraction of sp³-hybridized carbons (Fsp3) is 0.278. The van der Waals surface area contributed by atoms with E-state index in [1.165, 1.54) is 12.1 Å². The van der Waals surface area contributed by atoms with Crippen LogP contribution in [0.2, 0.25) is 0 Å². The Morgan fingerprint density at radius 3 is 2.04 bits per heavy atom. The van der Waals surface area contributed by atoms with Crippen LogP contribution in [-0.4, -0.2) is 20.1 Å². The summed E-state index contributed by atoms with van der Waals surface area (Å²) in [6.07, 6.45) is 2.71. The molecule has 0 heterocycles. The van der Waals surface area contributed by atoms with E-state index in [1.807, 2.05) is 30.3 Å². The minimum absolute atomic E-state index is 0.178. The highest BCUT2D eigenvalue weighted by Gasteiger charge is 2.40. The second-order valence-electron chi connectivity index (χ2n) is 5.92. The summed E-state index contributed by atoms with van der Waals surface area (Å²) in [5.74, 6) is -0.969. The van der Waals surface area contributed by atoms with Gasteiger partial charge in [-0.3, -0.25) is 4.79 Å². The molecule has 0 unspecified atom stereocenters. The quantitative estimate of drug-likeness (QED) is 0.917. The van der Waals surface area contributed by atoms with Crippen molar-refractivity contribution in [3.63, 3.8) is 0 Å². The molecule has 0 aliphatic heterocycles. The third kappa shape index (κ3) is 3.29. The standard InChI is InChI=1S/C18H19NO3S/c20-17(14-23(21,22)16-10-5-2-6-11-16)19-18(12-7-13-18)15-8-3-1-4-9-15/h1-6,8-11H,7,12-14H2,(H,19,20). The number of carbonyl (C=O) groups excluding carboxylic acids is 1. The van der Waals surface area contributed by atoms with E-state index < -0.39 is 27.0 Å². The first-order valence-electron chi connectivity index (χ1n) is 7.66. The average Bonchev–Trinajstić information content (AvgIpc) is 2.52. The molecule has 0 atom stereocenters. The van der Waals surface area contributed by atoms with Crippen LogP contribution in [0.1, 0.15) is 24.8 Å². The molecule has 120 valence electrons. The summed E-state index contributed by atoms with van der Waals surface area (Å²) in [6.45, 7) is 0. The summed E-state index contributed by atoms with van der Waals surface area (Å²) < 4.78 is 24.6. The summed E-state index contributed by atoms with van der Waals surface area (Å²) >= 11 is 0. The van der Waals surface area contributed by atoms with E-state index in [9.17, 15) is 13.2 Å². The Labute approximate surface area is 136 Å². The van der Waals surface area contributed by atoms with Crippen molar-refractivity contribution >= 4 is 15.7 Å². The zero-order chi connectivity index (χ0) is 16.3. The van der Waals surface area contributed by atoms with E-state index in [1.54, 1.807) is 18.2 Å². The van der Waals surface area contributed by atoms with Crippen LogP contribution in [-0.2, 0) is 20.2 Å². The monoisotopic (exact) mass is 329 g/mol. The highest BCUT2D eigenvalue weighted by atomic mass is 32.2. The van der Waals surface area contributed by atoms with E-state index in [2.05, 4.69) is 5.32 Å². The Balaban J connectivity index is 1.74. The maximum absolute atomic E-state index is 12.3. The van der Waals surface area contributed by atoms with E-state index in [4.69, 9.17) is 0 Å². The molecule has 0 saturated heterocycles. The topological polar surface area (TPSA) is 63.2 Å². The van der Waals surface area contributed by atoms with Gasteiger partial charge in [-0.2, -0.15) is 0 Å². The lowest BCUT2D eigenvalue weighted by molar-refractivity contribution is -0.121. The van der Waals surface area contributed by atoms with Crippen molar-refractivity contribution in [3.05, 3.63) is 66.2 Å². The molecule has 5 heteroatoms. The summed E-state index contributed by atoms with van der Waals surface area (Å²) in [7, 11) is -3.61.